The Kier molecular flexibility index (Phi) is 5.64. The Hall–Kier alpha value is -2.89. The van der Waals surface area contributed by atoms with Crippen molar-refractivity contribution in [2.24, 2.45) is 4.99 Å². The molecule has 1 unspecified atom stereocenters. The number of nitrogens with one attached hydrogen (secondary N) is 1. The third-order valence-electron chi connectivity index (χ3n) is 4.60. The minimum atomic E-state index is -3.73. The SMILES string of the molecule is CN1C(=O)C(=O)C(C(=O)NCc2ccc(F)cc2F)N=C1N1CCCCS1(=O)=O. The number of hydrogen-bond donors (Lipinski definition) is 1. The van der Waals surface area contributed by atoms with Crippen LogP contribution in [0.15, 0.2) is 23.2 Å². The number of amides is 2. The highest BCUT2D eigenvalue weighted by atomic mass is 32.2. The molecular weight excluding hydrogens is 410 g/mol. The first kappa shape index (κ1) is 20.8. The molecule has 1 saturated heterocycles. The first-order valence-electron chi connectivity index (χ1n) is 8.73. The van der Waals surface area contributed by atoms with E-state index in [9.17, 15) is 31.6 Å². The molecule has 0 radical (unpaired) electrons. The van der Waals surface area contributed by atoms with Gasteiger partial charge in [0.05, 0.1) is 5.75 Å². The van der Waals surface area contributed by atoms with Crippen LogP contribution in [-0.2, 0) is 31.0 Å². The molecule has 0 spiro atoms. The molecule has 0 bridgehead atoms. The van der Waals surface area contributed by atoms with Gasteiger partial charge in [0.2, 0.25) is 16.0 Å². The number of guanidine groups is 1. The van der Waals surface area contributed by atoms with Gasteiger partial charge in [-0.3, -0.25) is 19.3 Å². The lowest BCUT2D eigenvalue weighted by Gasteiger charge is -2.35. The second kappa shape index (κ2) is 7.85. The molecule has 2 amide bonds. The second-order valence-corrected chi connectivity index (χ2v) is 8.62. The summed E-state index contributed by atoms with van der Waals surface area (Å²) in [6.45, 7) is -0.298. The lowest BCUT2D eigenvalue weighted by molar-refractivity contribution is -0.145. The summed E-state index contributed by atoms with van der Waals surface area (Å²) in [6, 6.07) is 0.978. The molecular formula is C17H18F2N4O5S. The van der Waals surface area contributed by atoms with Crippen LogP contribution in [0.1, 0.15) is 18.4 Å². The number of Topliss-reactive ketones (excluding diaryl/α,β-unsaturated/α-hetero) is 1. The highest BCUT2D eigenvalue weighted by Crippen LogP contribution is 2.19. The van der Waals surface area contributed by atoms with Gasteiger partial charge in [0.1, 0.15) is 11.6 Å². The maximum Gasteiger partial charge on any atom is 0.299 e. The Morgan fingerprint density at radius 1 is 1.28 bits per heavy atom. The molecule has 3 rings (SSSR count). The van der Waals surface area contributed by atoms with Crippen molar-refractivity contribution in [1.29, 1.82) is 0 Å². The third-order valence-corrected chi connectivity index (χ3v) is 6.42. The minimum Gasteiger partial charge on any atom is -0.350 e. The van der Waals surface area contributed by atoms with Crippen molar-refractivity contribution in [1.82, 2.24) is 14.5 Å². The molecule has 1 N–H and O–H groups in total. The van der Waals surface area contributed by atoms with E-state index >= 15 is 0 Å². The maximum absolute atomic E-state index is 13.7. The standard InChI is InChI=1S/C17H18F2N4O5S/c1-22-16(26)14(24)13(21-17(22)23-6-2-3-7-29(23,27)28)15(25)20-9-10-4-5-11(18)8-12(10)19/h4-5,8,13H,2-3,6-7,9H2,1H3,(H,20,25). The molecule has 1 aromatic rings. The topological polar surface area (TPSA) is 116 Å². The summed E-state index contributed by atoms with van der Waals surface area (Å²) >= 11 is 0. The number of carbonyl (C=O) groups is 3. The highest BCUT2D eigenvalue weighted by molar-refractivity contribution is 7.89. The van der Waals surface area contributed by atoms with E-state index in [1.807, 2.05) is 0 Å². The largest absolute Gasteiger partial charge is 0.350 e. The second-order valence-electron chi connectivity index (χ2n) is 6.61. The summed E-state index contributed by atoms with van der Waals surface area (Å²) in [6.07, 6.45) is 0.991. The van der Waals surface area contributed by atoms with Gasteiger partial charge in [-0.1, -0.05) is 6.07 Å². The predicted molar refractivity (Wildman–Crippen MR) is 96.9 cm³/mol. The molecule has 1 aromatic carbocycles. The van der Waals surface area contributed by atoms with Crippen molar-refractivity contribution in [3.63, 3.8) is 0 Å². The fourth-order valence-corrected chi connectivity index (χ4v) is 4.62. The number of carbonyl (C=O) groups excluding carboxylic acids is 3. The summed E-state index contributed by atoms with van der Waals surface area (Å²) in [5.41, 5.74) is -0.0331. The van der Waals surface area contributed by atoms with Crippen LogP contribution in [0.5, 0.6) is 0 Å². The Balaban J connectivity index is 1.84. The van der Waals surface area contributed by atoms with Gasteiger partial charge in [0.15, 0.2) is 6.04 Å². The zero-order valence-corrected chi connectivity index (χ0v) is 16.2. The zero-order chi connectivity index (χ0) is 21.3. The van der Waals surface area contributed by atoms with E-state index in [0.717, 1.165) is 21.3 Å². The van der Waals surface area contributed by atoms with Crippen LogP contribution in [0.25, 0.3) is 0 Å². The first-order valence-corrected chi connectivity index (χ1v) is 10.3. The van der Waals surface area contributed by atoms with Crippen molar-refractivity contribution in [2.45, 2.75) is 25.4 Å². The summed E-state index contributed by atoms with van der Waals surface area (Å²) in [5.74, 6) is -5.32. The summed E-state index contributed by atoms with van der Waals surface area (Å²) in [5, 5.41) is 2.27. The minimum absolute atomic E-state index is 0.0331. The van der Waals surface area contributed by atoms with E-state index in [0.29, 0.717) is 18.9 Å². The highest BCUT2D eigenvalue weighted by Gasteiger charge is 2.43. The molecule has 1 fully saturated rings. The van der Waals surface area contributed by atoms with Crippen LogP contribution in [0.4, 0.5) is 8.78 Å². The Labute approximate surface area is 165 Å². The monoisotopic (exact) mass is 428 g/mol. The summed E-state index contributed by atoms with van der Waals surface area (Å²) in [4.78, 5) is 41.6. The van der Waals surface area contributed by atoms with E-state index in [-0.39, 0.29) is 30.4 Å². The Morgan fingerprint density at radius 2 is 2.00 bits per heavy atom. The summed E-state index contributed by atoms with van der Waals surface area (Å²) < 4.78 is 52.2. The molecule has 156 valence electrons. The molecule has 2 aliphatic heterocycles. The number of ketones is 1. The molecule has 0 saturated carbocycles. The van der Waals surface area contributed by atoms with Crippen LogP contribution in [0.2, 0.25) is 0 Å². The van der Waals surface area contributed by atoms with E-state index in [1.54, 1.807) is 0 Å². The molecule has 0 aromatic heterocycles. The van der Waals surface area contributed by atoms with Crippen LogP contribution < -0.4 is 5.32 Å². The van der Waals surface area contributed by atoms with Gasteiger partial charge in [-0.05, 0) is 18.9 Å². The molecule has 2 heterocycles. The first-order chi connectivity index (χ1) is 13.6. The average molecular weight is 428 g/mol. The fourth-order valence-electron chi connectivity index (χ4n) is 3.00. The summed E-state index contributed by atoms with van der Waals surface area (Å²) in [7, 11) is -2.53. The van der Waals surface area contributed by atoms with Crippen molar-refractivity contribution in [3.8, 4) is 0 Å². The third kappa shape index (κ3) is 4.11. The molecule has 9 nitrogen and oxygen atoms in total. The van der Waals surface area contributed by atoms with Crippen molar-refractivity contribution >= 4 is 33.6 Å². The number of halogens is 2. The number of sulfonamides is 1. The number of likely N-dealkylation sites (N-methyl/N-ethyl adjacent to an activating group) is 1. The van der Waals surface area contributed by atoms with Gasteiger partial charge < -0.3 is 5.32 Å². The number of hydrogen-bond acceptors (Lipinski definition) is 6. The van der Waals surface area contributed by atoms with Gasteiger partial charge in [-0.25, -0.2) is 26.5 Å². The van der Waals surface area contributed by atoms with E-state index in [2.05, 4.69) is 10.3 Å². The number of benzene rings is 1. The van der Waals surface area contributed by atoms with E-state index in [1.165, 1.54) is 7.05 Å². The van der Waals surface area contributed by atoms with E-state index in [4.69, 9.17) is 0 Å². The van der Waals surface area contributed by atoms with Crippen molar-refractivity contribution in [2.75, 3.05) is 19.3 Å². The average Bonchev–Trinajstić information content (AvgIpc) is 2.66. The van der Waals surface area contributed by atoms with Crippen molar-refractivity contribution in [3.05, 3.63) is 35.4 Å². The predicted octanol–water partition coefficient (Wildman–Crippen LogP) is -0.228. The van der Waals surface area contributed by atoms with Gasteiger partial charge >= 0.3 is 0 Å². The van der Waals surface area contributed by atoms with Crippen LogP contribution >= 0.6 is 0 Å². The normalized spacial score (nSPS) is 21.8. The molecule has 1 atom stereocenters. The number of nitrogens with zero attached hydrogens (tertiary/aromatic N) is 3. The van der Waals surface area contributed by atoms with Gasteiger partial charge in [0, 0.05) is 31.8 Å². The molecule has 2 aliphatic rings. The molecule has 12 heteroatoms. The Morgan fingerprint density at radius 3 is 2.66 bits per heavy atom. The van der Waals surface area contributed by atoms with Gasteiger partial charge in [-0.2, -0.15) is 0 Å². The van der Waals surface area contributed by atoms with Crippen LogP contribution in [0, 0.1) is 11.6 Å². The van der Waals surface area contributed by atoms with Crippen LogP contribution in [0.3, 0.4) is 0 Å². The molecule has 0 aliphatic carbocycles. The number of aliphatic imine (C=N–C) groups is 1. The quantitative estimate of drug-likeness (QED) is 0.528. The number of rotatable bonds is 3. The van der Waals surface area contributed by atoms with Gasteiger partial charge in [0.25, 0.3) is 17.6 Å². The maximum atomic E-state index is 13.7. The lowest BCUT2D eigenvalue weighted by atomic mass is 10.1. The fraction of sp³-hybridized carbons (Fsp3) is 0.412. The van der Waals surface area contributed by atoms with Crippen molar-refractivity contribution < 1.29 is 31.6 Å². The van der Waals surface area contributed by atoms with Gasteiger partial charge in [-0.15, -0.1) is 0 Å². The molecule has 29 heavy (non-hydrogen) atoms. The zero-order valence-electron chi connectivity index (χ0n) is 15.4. The lowest BCUT2D eigenvalue weighted by Crippen LogP contribution is -2.58. The smallest absolute Gasteiger partial charge is 0.299 e. The Bertz CT molecular complexity index is 1010. The van der Waals surface area contributed by atoms with E-state index < -0.39 is 45.3 Å². The van der Waals surface area contributed by atoms with Crippen LogP contribution in [-0.4, -0.2) is 66.6 Å².